The van der Waals surface area contributed by atoms with E-state index >= 15 is 0 Å². The Balaban J connectivity index is 2.80. The van der Waals surface area contributed by atoms with Crippen LogP contribution in [0.3, 0.4) is 0 Å². The van der Waals surface area contributed by atoms with Crippen molar-refractivity contribution in [2.45, 2.75) is 46.1 Å². The van der Waals surface area contributed by atoms with E-state index in [0.29, 0.717) is 5.92 Å². The van der Waals surface area contributed by atoms with Gasteiger partial charge in [0, 0.05) is 19.5 Å². The fraction of sp³-hybridized carbons (Fsp3) is 0.750. The van der Waals surface area contributed by atoms with Gasteiger partial charge in [0.25, 0.3) is 0 Å². The second-order valence-corrected chi connectivity index (χ2v) is 5.09. The summed E-state index contributed by atoms with van der Waals surface area (Å²) in [5.41, 5.74) is 4.83. The summed E-state index contributed by atoms with van der Waals surface area (Å²) in [5.74, 6) is 6.16. The maximum absolute atomic E-state index is 6.24. The van der Waals surface area contributed by atoms with Gasteiger partial charge in [-0.1, -0.05) is 31.9 Å². The third-order valence-electron chi connectivity index (χ3n) is 3.32. The molecule has 0 amide bonds. The van der Waals surface area contributed by atoms with Crippen molar-refractivity contribution < 1.29 is 0 Å². The molecule has 0 saturated carbocycles. The molecule has 0 aliphatic rings. The van der Waals surface area contributed by atoms with Crippen molar-refractivity contribution in [1.82, 2.24) is 15.2 Å². The van der Waals surface area contributed by atoms with E-state index in [9.17, 15) is 0 Å². The van der Waals surface area contributed by atoms with Crippen molar-refractivity contribution in [2.75, 3.05) is 0 Å². The summed E-state index contributed by atoms with van der Waals surface area (Å²) in [7, 11) is 1.92. The molecule has 17 heavy (non-hydrogen) atoms. The third-order valence-corrected chi connectivity index (χ3v) is 3.81. The van der Waals surface area contributed by atoms with Gasteiger partial charge in [0.15, 0.2) is 0 Å². The number of nitrogens with zero attached hydrogens (tertiary/aromatic N) is 2. The summed E-state index contributed by atoms with van der Waals surface area (Å²) in [6.45, 7) is 6.32. The minimum absolute atomic E-state index is 0.238. The standard InChI is InChI=1S/C12H23ClN4/c1-5-6-8(2)10(15-14)7-11-12(13)9(3)16-17(11)4/h8,10,15H,5-7,14H2,1-4H3. The summed E-state index contributed by atoms with van der Waals surface area (Å²) in [5, 5.41) is 5.08. The summed E-state index contributed by atoms with van der Waals surface area (Å²) >= 11 is 6.24. The van der Waals surface area contributed by atoms with Gasteiger partial charge in [-0.25, -0.2) is 0 Å². The average molecular weight is 259 g/mol. The Morgan fingerprint density at radius 2 is 2.18 bits per heavy atom. The summed E-state index contributed by atoms with van der Waals surface area (Å²) in [6, 6.07) is 0.238. The Morgan fingerprint density at radius 3 is 2.59 bits per heavy atom. The van der Waals surface area contributed by atoms with Crippen molar-refractivity contribution >= 4 is 11.6 Å². The number of hydrazine groups is 1. The van der Waals surface area contributed by atoms with Gasteiger partial charge in [-0.3, -0.25) is 16.0 Å². The van der Waals surface area contributed by atoms with Crippen molar-refractivity contribution in [3.8, 4) is 0 Å². The lowest BCUT2D eigenvalue weighted by Crippen LogP contribution is -2.42. The van der Waals surface area contributed by atoms with Gasteiger partial charge < -0.3 is 0 Å². The van der Waals surface area contributed by atoms with Gasteiger partial charge >= 0.3 is 0 Å². The maximum atomic E-state index is 6.24. The molecule has 0 fully saturated rings. The Labute approximate surface area is 108 Å². The zero-order chi connectivity index (χ0) is 13.0. The van der Waals surface area contributed by atoms with E-state index in [1.165, 1.54) is 0 Å². The molecule has 2 atom stereocenters. The van der Waals surface area contributed by atoms with Gasteiger partial charge in [0.2, 0.25) is 0 Å². The van der Waals surface area contributed by atoms with Crippen LogP contribution in [0.5, 0.6) is 0 Å². The fourth-order valence-corrected chi connectivity index (χ4v) is 2.43. The lowest BCUT2D eigenvalue weighted by Gasteiger charge is -2.23. The normalized spacial score (nSPS) is 14.9. The highest BCUT2D eigenvalue weighted by molar-refractivity contribution is 6.31. The van der Waals surface area contributed by atoms with Crippen LogP contribution in [0.15, 0.2) is 0 Å². The lowest BCUT2D eigenvalue weighted by atomic mass is 9.93. The Morgan fingerprint density at radius 1 is 1.53 bits per heavy atom. The minimum Gasteiger partial charge on any atom is -0.271 e. The summed E-state index contributed by atoms with van der Waals surface area (Å²) < 4.78 is 1.85. The van der Waals surface area contributed by atoms with Crippen molar-refractivity contribution in [1.29, 1.82) is 0 Å². The molecule has 0 aliphatic heterocycles. The molecule has 1 heterocycles. The molecule has 3 N–H and O–H groups in total. The molecule has 0 bridgehead atoms. The molecule has 2 unspecified atom stereocenters. The average Bonchev–Trinajstić information content (AvgIpc) is 2.51. The summed E-state index contributed by atoms with van der Waals surface area (Å²) in [6.07, 6.45) is 3.13. The molecular weight excluding hydrogens is 236 g/mol. The molecule has 0 spiro atoms. The molecule has 98 valence electrons. The van der Waals surface area contributed by atoms with Gasteiger partial charge in [-0.05, 0) is 19.3 Å². The molecule has 0 radical (unpaired) electrons. The van der Waals surface area contributed by atoms with E-state index in [1.54, 1.807) is 0 Å². The highest BCUT2D eigenvalue weighted by Crippen LogP contribution is 2.23. The number of hydrogen-bond donors (Lipinski definition) is 2. The van der Waals surface area contributed by atoms with Crippen LogP contribution in [0.25, 0.3) is 0 Å². The maximum Gasteiger partial charge on any atom is 0.0847 e. The lowest BCUT2D eigenvalue weighted by molar-refractivity contribution is 0.351. The van der Waals surface area contributed by atoms with Crippen LogP contribution in [-0.4, -0.2) is 15.8 Å². The van der Waals surface area contributed by atoms with E-state index in [2.05, 4.69) is 24.4 Å². The molecule has 5 heteroatoms. The second-order valence-electron chi connectivity index (χ2n) is 4.71. The first-order chi connectivity index (χ1) is 8.01. The molecule has 0 saturated heterocycles. The third kappa shape index (κ3) is 3.44. The molecule has 4 nitrogen and oxygen atoms in total. The van der Waals surface area contributed by atoms with Crippen molar-refractivity contribution in [3.63, 3.8) is 0 Å². The minimum atomic E-state index is 0.238. The molecule has 0 aliphatic carbocycles. The zero-order valence-electron chi connectivity index (χ0n) is 11.1. The number of aryl methyl sites for hydroxylation is 2. The van der Waals surface area contributed by atoms with E-state index < -0.39 is 0 Å². The Kier molecular flexibility index (Phi) is 5.43. The number of nitrogens with one attached hydrogen (secondary N) is 1. The van der Waals surface area contributed by atoms with Gasteiger partial charge in [-0.15, -0.1) is 0 Å². The van der Waals surface area contributed by atoms with Crippen LogP contribution in [-0.2, 0) is 13.5 Å². The second kappa shape index (κ2) is 6.38. The SMILES string of the molecule is CCCC(C)C(Cc1c(Cl)c(C)nn1C)NN. The van der Waals surface area contributed by atoms with Crippen molar-refractivity contribution in [2.24, 2.45) is 18.8 Å². The number of aromatic nitrogens is 2. The van der Waals surface area contributed by atoms with E-state index in [1.807, 2.05) is 18.7 Å². The topological polar surface area (TPSA) is 55.9 Å². The van der Waals surface area contributed by atoms with E-state index in [0.717, 1.165) is 35.7 Å². The van der Waals surface area contributed by atoms with Crippen LogP contribution < -0.4 is 11.3 Å². The monoisotopic (exact) mass is 258 g/mol. The number of nitrogens with two attached hydrogens (primary N) is 1. The fourth-order valence-electron chi connectivity index (χ4n) is 2.19. The molecule has 0 aromatic carbocycles. The van der Waals surface area contributed by atoms with Crippen molar-refractivity contribution in [3.05, 3.63) is 16.4 Å². The first-order valence-electron chi connectivity index (χ1n) is 6.15. The zero-order valence-corrected chi connectivity index (χ0v) is 11.9. The van der Waals surface area contributed by atoms with Crippen LogP contribution in [0.1, 0.15) is 38.1 Å². The van der Waals surface area contributed by atoms with Crippen LogP contribution in [0, 0.1) is 12.8 Å². The smallest absolute Gasteiger partial charge is 0.0847 e. The first kappa shape index (κ1) is 14.5. The Bertz CT molecular complexity index is 362. The van der Waals surface area contributed by atoms with E-state index in [-0.39, 0.29) is 6.04 Å². The first-order valence-corrected chi connectivity index (χ1v) is 6.53. The largest absolute Gasteiger partial charge is 0.271 e. The molecule has 1 rings (SSSR count). The van der Waals surface area contributed by atoms with E-state index in [4.69, 9.17) is 17.4 Å². The van der Waals surface area contributed by atoms with Crippen LogP contribution in [0.2, 0.25) is 5.02 Å². The van der Waals surface area contributed by atoms with Gasteiger partial charge in [-0.2, -0.15) is 5.10 Å². The number of rotatable bonds is 6. The number of halogens is 1. The molecule has 1 aromatic rings. The molecule has 1 aromatic heterocycles. The highest BCUT2D eigenvalue weighted by atomic mass is 35.5. The van der Waals surface area contributed by atoms with Crippen LogP contribution in [0.4, 0.5) is 0 Å². The quantitative estimate of drug-likeness (QED) is 0.608. The highest BCUT2D eigenvalue weighted by Gasteiger charge is 2.20. The molecular formula is C12H23ClN4. The van der Waals surface area contributed by atoms with Gasteiger partial charge in [0.05, 0.1) is 16.4 Å². The predicted octanol–water partition coefficient (Wildman–Crippen LogP) is 2.19. The summed E-state index contributed by atoms with van der Waals surface area (Å²) in [4.78, 5) is 0. The Hall–Kier alpha value is -0.580. The van der Waals surface area contributed by atoms with Gasteiger partial charge in [0.1, 0.15) is 0 Å². The van der Waals surface area contributed by atoms with Crippen LogP contribution >= 0.6 is 11.6 Å². The number of hydrogen-bond acceptors (Lipinski definition) is 3. The predicted molar refractivity (Wildman–Crippen MR) is 71.8 cm³/mol.